The predicted octanol–water partition coefficient (Wildman–Crippen LogP) is 2.24. The number of carboxylic acids is 1. The summed E-state index contributed by atoms with van der Waals surface area (Å²) in [5.41, 5.74) is 2.46. The Morgan fingerprint density at radius 1 is 1.28 bits per heavy atom. The second kappa shape index (κ2) is 6.19. The molecule has 0 aromatic heterocycles. The Balaban J connectivity index is 3.01. The largest absolute Gasteiger partial charge is 0.480 e. The molecule has 4 heteroatoms. The maximum atomic E-state index is 12.3. The number of carbonyl (C=O) groups excluding carboxylic acids is 1. The molecule has 1 N–H and O–H groups in total. The third kappa shape index (κ3) is 3.58. The van der Waals surface area contributed by atoms with Crippen LogP contribution in [0.1, 0.15) is 34.8 Å². The van der Waals surface area contributed by atoms with E-state index in [1.165, 1.54) is 4.90 Å². The van der Waals surface area contributed by atoms with Crippen LogP contribution in [-0.2, 0) is 4.79 Å². The van der Waals surface area contributed by atoms with Gasteiger partial charge in [-0.1, -0.05) is 24.6 Å². The molecule has 98 valence electrons. The first-order chi connectivity index (χ1) is 8.45. The fraction of sp³-hybridized carbons (Fsp3) is 0.429. The molecule has 0 spiro atoms. The highest BCUT2D eigenvalue weighted by molar-refractivity contribution is 5.97. The van der Waals surface area contributed by atoms with E-state index in [2.05, 4.69) is 0 Å². The molecule has 0 fully saturated rings. The molecule has 4 nitrogen and oxygen atoms in total. The highest BCUT2D eigenvalue weighted by atomic mass is 16.4. The molecule has 0 saturated carbocycles. The van der Waals surface area contributed by atoms with Crippen LogP contribution in [-0.4, -0.2) is 35.0 Å². The monoisotopic (exact) mass is 249 g/mol. The van der Waals surface area contributed by atoms with E-state index in [-0.39, 0.29) is 12.5 Å². The molecule has 0 unspecified atom stereocenters. The van der Waals surface area contributed by atoms with Crippen LogP contribution in [0.2, 0.25) is 0 Å². The third-order valence-electron chi connectivity index (χ3n) is 2.73. The molecule has 0 aliphatic heterocycles. The second-order valence-corrected chi connectivity index (χ2v) is 4.44. The van der Waals surface area contributed by atoms with Gasteiger partial charge in [0.1, 0.15) is 6.54 Å². The smallest absolute Gasteiger partial charge is 0.323 e. The molecule has 1 rings (SSSR count). The van der Waals surface area contributed by atoms with Gasteiger partial charge in [-0.05, 0) is 31.9 Å². The minimum absolute atomic E-state index is 0.208. The summed E-state index contributed by atoms with van der Waals surface area (Å²) in [7, 11) is 0. The zero-order valence-corrected chi connectivity index (χ0v) is 11.1. The normalized spacial score (nSPS) is 10.2. The van der Waals surface area contributed by atoms with Crippen molar-refractivity contribution in [3.05, 3.63) is 34.9 Å². The lowest BCUT2D eigenvalue weighted by atomic mass is 10.0. The molecule has 0 heterocycles. The lowest BCUT2D eigenvalue weighted by molar-refractivity contribution is -0.137. The van der Waals surface area contributed by atoms with Crippen LogP contribution in [0.3, 0.4) is 0 Å². The summed E-state index contributed by atoms with van der Waals surface area (Å²) in [5.74, 6) is -1.19. The average molecular weight is 249 g/mol. The first-order valence-corrected chi connectivity index (χ1v) is 6.04. The van der Waals surface area contributed by atoms with Gasteiger partial charge in [-0.2, -0.15) is 0 Å². The Bertz CT molecular complexity index is 454. The summed E-state index contributed by atoms with van der Waals surface area (Å²) in [5, 5.41) is 8.84. The summed E-state index contributed by atoms with van der Waals surface area (Å²) in [6.07, 6.45) is 0.740. The van der Waals surface area contributed by atoms with Gasteiger partial charge in [-0.15, -0.1) is 0 Å². The lowest BCUT2D eigenvalue weighted by Crippen LogP contribution is -2.36. The van der Waals surface area contributed by atoms with Crippen LogP contribution in [0.15, 0.2) is 18.2 Å². The molecule has 18 heavy (non-hydrogen) atoms. The molecule has 0 aliphatic rings. The molecule has 1 amide bonds. The molecule has 0 bridgehead atoms. The number of aliphatic carboxylic acids is 1. The van der Waals surface area contributed by atoms with Crippen molar-refractivity contribution in [2.75, 3.05) is 13.1 Å². The minimum Gasteiger partial charge on any atom is -0.480 e. The number of carboxylic acid groups (broad SMARTS) is 1. The van der Waals surface area contributed by atoms with Gasteiger partial charge in [0.25, 0.3) is 5.91 Å². The first kappa shape index (κ1) is 14.2. The van der Waals surface area contributed by atoms with Crippen LogP contribution in [0.5, 0.6) is 0 Å². The van der Waals surface area contributed by atoms with Gasteiger partial charge < -0.3 is 10.0 Å². The maximum Gasteiger partial charge on any atom is 0.323 e. The van der Waals surface area contributed by atoms with Crippen molar-refractivity contribution < 1.29 is 14.7 Å². The third-order valence-corrected chi connectivity index (χ3v) is 2.73. The Morgan fingerprint density at radius 3 is 2.50 bits per heavy atom. The first-order valence-electron chi connectivity index (χ1n) is 6.04. The highest BCUT2D eigenvalue weighted by Crippen LogP contribution is 2.13. The molecular weight excluding hydrogens is 230 g/mol. The predicted molar refractivity (Wildman–Crippen MR) is 69.7 cm³/mol. The Hall–Kier alpha value is -1.84. The lowest BCUT2D eigenvalue weighted by Gasteiger charge is -2.21. The van der Waals surface area contributed by atoms with Crippen LogP contribution < -0.4 is 0 Å². The van der Waals surface area contributed by atoms with Crippen LogP contribution in [0, 0.1) is 13.8 Å². The van der Waals surface area contributed by atoms with Crippen LogP contribution in [0.25, 0.3) is 0 Å². The van der Waals surface area contributed by atoms with E-state index in [4.69, 9.17) is 5.11 Å². The zero-order chi connectivity index (χ0) is 13.7. The van der Waals surface area contributed by atoms with Gasteiger partial charge in [-0.3, -0.25) is 9.59 Å². The molecule has 0 aliphatic carbocycles. The molecular formula is C14H19NO3. The standard InChI is InChI=1S/C14H19NO3/c1-4-7-15(9-13(16)17)14(18)12-8-10(2)5-6-11(12)3/h5-6,8H,4,7,9H2,1-3H3,(H,16,17). The van der Waals surface area contributed by atoms with Gasteiger partial charge in [0.2, 0.25) is 0 Å². The SMILES string of the molecule is CCCN(CC(=O)O)C(=O)c1cc(C)ccc1C. The van der Waals surface area contributed by atoms with Crippen LogP contribution in [0.4, 0.5) is 0 Å². The van der Waals surface area contributed by atoms with Gasteiger partial charge in [0.05, 0.1) is 0 Å². The fourth-order valence-corrected chi connectivity index (χ4v) is 1.82. The van der Waals surface area contributed by atoms with Crippen molar-refractivity contribution in [3.63, 3.8) is 0 Å². The number of carbonyl (C=O) groups is 2. The van der Waals surface area contributed by atoms with Crippen molar-refractivity contribution >= 4 is 11.9 Å². The zero-order valence-electron chi connectivity index (χ0n) is 11.1. The quantitative estimate of drug-likeness (QED) is 0.870. The number of benzene rings is 1. The minimum atomic E-state index is -0.984. The van der Waals surface area contributed by atoms with Crippen molar-refractivity contribution in [3.8, 4) is 0 Å². The van der Waals surface area contributed by atoms with E-state index in [0.29, 0.717) is 12.1 Å². The number of nitrogens with zero attached hydrogens (tertiary/aromatic N) is 1. The van der Waals surface area contributed by atoms with Gasteiger partial charge >= 0.3 is 5.97 Å². The van der Waals surface area contributed by atoms with Gasteiger partial charge in [-0.25, -0.2) is 0 Å². The number of amides is 1. The average Bonchev–Trinajstić information content (AvgIpc) is 2.30. The Kier molecular flexibility index (Phi) is 4.89. The van der Waals surface area contributed by atoms with Crippen molar-refractivity contribution in [1.82, 2.24) is 4.90 Å². The summed E-state index contributed by atoms with van der Waals surface area (Å²) in [6, 6.07) is 5.63. The summed E-state index contributed by atoms with van der Waals surface area (Å²) < 4.78 is 0. The van der Waals surface area contributed by atoms with Crippen molar-refractivity contribution in [2.45, 2.75) is 27.2 Å². The topological polar surface area (TPSA) is 57.6 Å². The van der Waals surface area contributed by atoms with Gasteiger partial charge in [0.15, 0.2) is 0 Å². The second-order valence-electron chi connectivity index (χ2n) is 4.44. The van der Waals surface area contributed by atoms with Crippen LogP contribution >= 0.6 is 0 Å². The number of rotatable bonds is 5. The van der Waals surface area contributed by atoms with E-state index in [1.807, 2.05) is 39.0 Å². The van der Waals surface area contributed by atoms with Crippen molar-refractivity contribution in [1.29, 1.82) is 0 Å². The number of hydrogen-bond donors (Lipinski definition) is 1. The van der Waals surface area contributed by atoms with Crippen molar-refractivity contribution in [2.24, 2.45) is 0 Å². The fourth-order valence-electron chi connectivity index (χ4n) is 1.82. The maximum absolute atomic E-state index is 12.3. The summed E-state index contributed by atoms with van der Waals surface area (Å²) >= 11 is 0. The van der Waals surface area contributed by atoms with E-state index in [1.54, 1.807) is 0 Å². The van der Waals surface area contributed by atoms with E-state index >= 15 is 0 Å². The molecule has 1 aromatic rings. The highest BCUT2D eigenvalue weighted by Gasteiger charge is 2.19. The summed E-state index contributed by atoms with van der Waals surface area (Å²) in [6.45, 7) is 5.90. The number of hydrogen-bond acceptors (Lipinski definition) is 2. The Morgan fingerprint density at radius 2 is 1.94 bits per heavy atom. The molecule has 1 aromatic carbocycles. The molecule has 0 radical (unpaired) electrons. The Labute approximate surface area is 107 Å². The van der Waals surface area contributed by atoms with E-state index in [0.717, 1.165) is 17.5 Å². The van der Waals surface area contributed by atoms with E-state index in [9.17, 15) is 9.59 Å². The summed E-state index contributed by atoms with van der Waals surface area (Å²) in [4.78, 5) is 24.5. The molecule has 0 saturated heterocycles. The van der Waals surface area contributed by atoms with E-state index < -0.39 is 5.97 Å². The molecule has 0 atom stereocenters. The van der Waals surface area contributed by atoms with Gasteiger partial charge in [0, 0.05) is 12.1 Å². The number of aryl methyl sites for hydroxylation is 2.